The van der Waals surface area contributed by atoms with Crippen LogP contribution in [0.2, 0.25) is 0 Å². The van der Waals surface area contributed by atoms with Crippen molar-refractivity contribution < 1.29 is 0 Å². The molecule has 0 aromatic rings. The first kappa shape index (κ1) is 38.7. The minimum Gasteiger partial charge on any atom is -0.124 e. The molecule has 2 aliphatic carbocycles. The van der Waals surface area contributed by atoms with Gasteiger partial charge in [0, 0.05) is 5.41 Å². The van der Waals surface area contributed by atoms with Gasteiger partial charge in [-0.15, -0.1) is 12.8 Å². The van der Waals surface area contributed by atoms with Crippen LogP contribution < -0.4 is 0 Å². The number of hydrogen-bond donors (Lipinski definition) is 0. The van der Waals surface area contributed by atoms with Crippen molar-refractivity contribution in [3.05, 3.63) is 82.0 Å². The predicted octanol–water partition coefficient (Wildman–Crippen LogP) is 13.2. The van der Waals surface area contributed by atoms with E-state index in [0.717, 1.165) is 32.1 Å². The van der Waals surface area contributed by atoms with Gasteiger partial charge in [-0.3, -0.25) is 0 Å². The molecule has 41 heavy (non-hydrogen) atoms. The van der Waals surface area contributed by atoms with E-state index in [1.807, 2.05) is 13.8 Å². The second-order valence-electron chi connectivity index (χ2n) is 13.9. The van der Waals surface area contributed by atoms with E-state index < -0.39 is 0 Å². The first-order chi connectivity index (χ1) is 19.1. The van der Waals surface area contributed by atoms with E-state index in [4.69, 9.17) is 6.58 Å². The lowest BCUT2D eigenvalue weighted by Crippen LogP contribution is -2.50. The molecule has 0 amide bonds. The van der Waals surface area contributed by atoms with Crippen molar-refractivity contribution in [1.29, 1.82) is 0 Å². The lowest BCUT2D eigenvalue weighted by Gasteiger charge is -2.58. The van der Waals surface area contributed by atoms with E-state index in [9.17, 15) is 0 Å². The third-order valence-electron chi connectivity index (χ3n) is 10.3. The fourth-order valence-electron chi connectivity index (χ4n) is 6.78. The van der Waals surface area contributed by atoms with Crippen LogP contribution in [0.4, 0.5) is 0 Å². The molecule has 0 fully saturated rings. The quantitative estimate of drug-likeness (QED) is 0.205. The topological polar surface area (TPSA) is 0 Å². The highest BCUT2D eigenvalue weighted by Crippen LogP contribution is 2.63. The summed E-state index contributed by atoms with van der Waals surface area (Å²) in [6, 6.07) is 0. The molecule has 4 unspecified atom stereocenters. The molecule has 0 N–H and O–H groups in total. The van der Waals surface area contributed by atoms with E-state index in [1.54, 1.807) is 5.57 Å². The van der Waals surface area contributed by atoms with Crippen molar-refractivity contribution in [2.75, 3.05) is 0 Å². The van der Waals surface area contributed by atoms with Gasteiger partial charge in [-0.25, -0.2) is 0 Å². The lowest BCUT2D eigenvalue weighted by molar-refractivity contribution is 0.00195. The van der Waals surface area contributed by atoms with E-state index in [-0.39, 0.29) is 16.2 Å². The first-order valence-electron chi connectivity index (χ1n) is 16.1. The maximum absolute atomic E-state index is 5.01. The molecule has 0 bridgehead atoms. The molecule has 0 nitrogen and oxygen atoms in total. The molecule has 0 aromatic carbocycles. The SMILES string of the molecule is C#C.C=C1/C(CC=C(C)C)=C(/C)C(C)(CC=C(C)C)CC(CC=C(C)C)C(C)(C)C1(C)C(C)C1=CCCC=C1.CC. The molecule has 0 saturated carbocycles. The fraction of sp³-hybridized carbons (Fsp3) is 0.610. The van der Waals surface area contributed by atoms with Gasteiger partial charge in [0.1, 0.15) is 0 Å². The Labute approximate surface area is 258 Å². The van der Waals surface area contributed by atoms with Crippen LogP contribution in [0.5, 0.6) is 0 Å². The lowest BCUT2D eigenvalue weighted by atomic mass is 9.46. The third kappa shape index (κ3) is 9.37. The number of allylic oxidation sites excluding steroid dienone is 13. The summed E-state index contributed by atoms with van der Waals surface area (Å²) in [6.45, 7) is 37.5. The minimum atomic E-state index is -0.0649. The van der Waals surface area contributed by atoms with Crippen molar-refractivity contribution in [3.63, 3.8) is 0 Å². The first-order valence-corrected chi connectivity index (χ1v) is 16.1. The van der Waals surface area contributed by atoms with Gasteiger partial charge in [0.2, 0.25) is 0 Å². The highest BCUT2D eigenvalue weighted by Gasteiger charge is 2.54. The van der Waals surface area contributed by atoms with Crippen LogP contribution in [0, 0.1) is 40.9 Å². The van der Waals surface area contributed by atoms with E-state index in [0.29, 0.717) is 11.8 Å². The van der Waals surface area contributed by atoms with Crippen molar-refractivity contribution >= 4 is 0 Å². The monoisotopic (exact) mass is 559 g/mol. The van der Waals surface area contributed by atoms with Crippen LogP contribution in [0.3, 0.4) is 0 Å². The van der Waals surface area contributed by atoms with Crippen molar-refractivity contribution in [2.45, 2.75) is 135 Å². The Balaban J connectivity index is 0.00000382. The summed E-state index contributed by atoms with van der Waals surface area (Å²) in [4.78, 5) is 0. The largest absolute Gasteiger partial charge is 0.124 e. The highest BCUT2D eigenvalue weighted by molar-refractivity contribution is 5.46. The summed E-state index contributed by atoms with van der Waals surface area (Å²) in [5.41, 5.74) is 10.2. The van der Waals surface area contributed by atoms with Crippen LogP contribution in [-0.4, -0.2) is 0 Å². The fourth-order valence-corrected chi connectivity index (χ4v) is 6.78. The maximum Gasteiger partial charge on any atom is 0.00414 e. The summed E-state index contributed by atoms with van der Waals surface area (Å²) < 4.78 is 0. The van der Waals surface area contributed by atoms with Crippen LogP contribution in [0.25, 0.3) is 0 Å². The Bertz CT molecular complexity index is 1060. The van der Waals surface area contributed by atoms with Gasteiger partial charge in [0.05, 0.1) is 0 Å². The average molecular weight is 559 g/mol. The summed E-state index contributed by atoms with van der Waals surface area (Å²) >= 11 is 0. The molecule has 0 aliphatic heterocycles. The summed E-state index contributed by atoms with van der Waals surface area (Å²) in [5, 5.41) is 0. The molecule has 2 aliphatic rings. The second-order valence-corrected chi connectivity index (χ2v) is 13.9. The van der Waals surface area contributed by atoms with Gasteiger partial charge in [-0.05, 0) is 126 Å². The van der Waals surface area contributed by atoms with Gasteiger partial charge < -0.3 is 0 Å². The number of rotatable bonds is 8. The van der Waals surface area contributed by atoms with Gasteiger partial charge in [-0.1, -0.05) is 114 Å². The molecule has 0 saturated heterocycles. The molecule has 230 valence electrons. The number of terminal acetylenes is 1. The number of hydrogen-bond acceptors (Lipinski definition) is 0. The Morgan fingerprint density at radius 1 is 0.927 bits per heavy atom. The molecular formula is C41H66. The molecule has 0 radical (unpaired) electrons. The summed E-state index contributed by atoms with van der Waals surface area (Å²) in [7, 11) is 0. The van der Waals surface area contributed by atoms with Crippen LogP contribution in [0.15, 0.2) is 82.0 Å². The van der Waals surface area contributed by atoms with Crippen molar-refractivity contribution in [3.8, 4) is 12.8 Å². The summed E-state index contributed by atoms with van der Waals surface area (Å²) in [6.07, 6.45) is 29.4. The molecule has 4 atom stereocenters. The molecule has 0 spiro atoms. The standard InChI is InChI=1S/C37H58.C2H6.C2H2/c1-26(2)19-21-33-25-36(12,24-23-28(5)6)30(8)34(22-20-27(3)4)31(9)37(13,35(33,10)11)29(7)32-17-15-14-16-18-32;2*1-2/h15,17-20,23,29,33H,9,14,16,21-22,24-25H2,1-8,10-13H3;1-2H3;1-2H/b34-30-;;. The smallest absolute Gasteiger partial charge is 0.00414 e. The zero-order chi connectivity index (χ0) is 32.2. The van der Waals surface area contributed by atoms with Crippen LogP contribution >= 0.6 is 0 Å². The second kappa shape index (κ2) is 17.0. The normalized spacial score (nSPS) is 27.8. The van der Waals surface area contributed by atoms with Crippen molar-refractivity contribution in [2.24, 2.45) is 28.1 Å². The van der Waals surface area contributed by atoms with Gasteiger partial charge >= 0.3 is 0 Å². The van der Waals surface area contributed by atoms with Crippen LogP contribution in [-0.2, 0) is 0 Å². The molecule has 0 heteroatoms. The predicted molar refractivity (Wildman–Crippen MR) is 189 cm³/mol. The van der Waals surface area contributed by atoms with E-state index in [2.05, 4.69) is 132 Å². The van der Waals surface area contributed by atoms with Gasteiger partial charge in [-0.2, -0.15) is 0 Å². The molecule has 0 heterocycles. The third-order valence-corrected chi connectivity index (χ3v) is 10.3. The van der Waals surface area contributed by atoms with E-state index in [1.165, 1.54) is 39.9 Å². The Hall–Kier alpha value is -2.26. The van der Waals surface area contributed by atoms with Gasteiger partial charge in [0.25, 0.3) is 0 Å². The molecular weight excluding hydrogens is 492 g/mol. The molecule has 2 rings (SSSR count). The van der Waals surface area contributed by atoms with Crippen LogP contribution in [0.1, 0.15) is 135 Å². The highest BCUT2D eigenvalue weighted by atomic mass is 14.6. The van der Waals surface area contributed by atoms with E-state index >= 15 is 0 Å². The Morgan fingerprint density at radius 3 is 1.93 bits per heavy atom. The molecule has 0 aromatic heterocycles. The Kier molecular flexibility index (Phi) is 16.1. The zero-order valence-electron chi connectivity index (χ0n) is 29.7. The zero-order valence-corrected chi connectivity index (χ0v) is 29.7. The minimum absolute atomic E-state index is 0.0603. The Morgan fingerprint density at radius 2 is 1.46 bits per heavy atom. The van der Waals surface area contributed by atoms with Gasteiger partial charge in [0.15, 0.2) is 0 Å². The maximum atomic E-state index is 5.01. The van der Waals surface area contributed by atoms with Crippen molar-refractivity contribution in [1.82, 2.24) is 0 Å². The average Bonchev–Trinajstić information content (AvgIpc) is 2.94. The summed E-state index contributed by atoms with van der Waals surface area (Å²) in [5.74, 6) is 0.952.